The number of hydrogen-bond donors (Lipinski definition) is 1. The Labute approximate surface area is 134 Å². The third-order valence-corrected chi connectivity index (χ3v) is 4.15. The van der Waals surface area contributed by atoms with E-state index >= 15 is 0 Å². The molecule has 1 atom stereocenters. The molecule has 1 unspecified atom stereocenters. The van der Waals surface area contributed by atoms with Crippen LogP contribution < -0.4 is 0 Å². The van der Waals surface area contributed by atoms with Gasteiger partial charge in [-0.1, -0.05) is 32.5 Å². The summed E-state index contributed by atoms with van der Waals surface area (Å²) in [5.41, 5.74) is 0. The average molecular weight is 325 g/mol. The normalized spacial score (nSPS) is 13.0. The number of thioether (sulfide) groups is 1. The van der Waals surface area contributed by atoms with Gasteiger partial charge in [0.25, 0.3) is 0 Å². The zero-order valence-electron chi connectivity index (χ0n) is 13.5. The van der Waals surface area contributed by atoms with Crippen molar-refractivity contribution < 1.29 is 9.52 Å². The maximum absolute atomic E-state index is 9.32. The number of hydrogen-bond acceptors (Lipinski definition) is 7. The molecule has 0 radical (unpaired) electrons. The summed E-state index contributed by atoms with van der Waals surface area (Å²) in [7, 11) is 0. The molecule has 2 aromatic heterocycles. The van der Waals surface area contributed by atoms with Crippen LogP contribution in [-0.2, 0) is 19.6 Å². The van der Waals surface area contributed by atoms with Crippen molar-refractivity contribution in [1.29, 1.82) is 0 Å². The lowest BCUT2D eigenvalue weighted by molar-refractivity contribution is 0.263. The zero-order chi connectivity index (χ0) is 16.1. The molecule has 0 saturated heterocycles. The minimum Gasteiger partial charge on any atom is -0.424 e. The smallest absolute Gasteiger partial charge is 0.229 e. The second-order valence-electron chi connectivity index (χ2n) is 5.60. The summed E-state index contributed by atoms with van der Waals surface area (Å²) in [6.07, 6.45) is 1.73. The van der Waals surface area contributed by atoms with Gasteiger partial charge in [-0.15, -0.1) is 20.4 Å². The lowest BCUT2D eigenvalue weighted by Crippen LogP contribution is -2.05. The zero-order valence-corrected chi connectivity index (χ0v) is 14.3. The van der Waals surface area contributed by atoms with Crippen LogP contribution in [0.1, 0.15) is 57.0 Å². The molecule has 2 heterocycles. The van der Waals surface area contributed by atoms with Gasteiger partial charge < -0.3 is 14.1 Å². The summed E-state index contributed by atoms with van der Waals surface area (Å²) in [6.45, 7) is 8.98. The third kappa shape index (κ3) is 4.07. The van der Waals surface area contributed by atoms with Crippen molar-refractivity contribution >= 4 is 11.8 Å². The Morgan fingerprint density at radius 3 is 2.59 bits per heavy atom. The largest absolute Gasteiger partial charge is 0.424 e. The highest BCUT2D eigenvalue weighted by Gasteiger charge is 2.20. The summed E-state index contributed by atoms with van der Waals surface area (Å²) in [6, 6.07) is 0. The Morgan fingerprint density at radius 1 is 1.18 bits per heavy atom. The summed E-state index contributed by atoms with van der Waals surface area (Å²) >= 11 is 1.51. The Morgan fingerprint density at radius 2 is 1.95 bits per heavy atom. The Bertz CT molecular complexity index is 596. The average Bonchev–Trinajstić information content (AvgIpc) is 3.06. The van der Waals surface area contributed by atoms with E-state index < -0.39 is 0 Å². The van der Waals surface area contributed by atoms with Crippen molar-refractivity contribution in [3.05, 3.63) is 17.6 Å². The van der Waals surface area contributed by atoms with E-state index in [0.717, 1.165) is 24.5 Å². The highest BCUT2D eigenvalue weighted by Crippen LogP contribution is 2.33. The second-order valence-corrected chi connectivity index (χ2v) is 6.91. The predicted molar refractivity (Wildman–Crippen MR) is 83.3 cm³/mol. The van der Waals surface area contributed by atoms with Crippen LogP contribution in [0.3, 0.4) is 0 Å². The van der Waals surface area contributed by atoms with Crippen LogP contribution in [-0.4, -0.2) is 30.1 Å². The summed E-state index contributed by atoms with van der Waals surface area (Å²) < 4.78 is 7.65. The first kappa shape index (κ1) is 17.0. The highest BCUT2D eigenvalue weighted by molar-refractivity contribution is 7.99. The standard InChI is InChI=1S/C14H23N5O2S/c1-5-6-19-11(8-20)15-18-14(19)22-10(4)13-17-16-12(21-13)7-9(2)3/h9-10,20H,5-8H2,1-4H3. The van der Waals surface area contributed by atoms with Crippen molar-refractivity contribution in [1.82, 2.24) is 25.0 Å². The Hall–Kier alpha value is -1.41. The first-order valence-corrected chi connectivity index (χ1v) is 8.45. The van der Waals surface area contributed by atoms with Crippen LogP contribution in [0.4, 0.5) is 0 Å². The molecule has 2 rings (SSSR count). The molecule has 8 heteroatoms. The summed E-state index contributed by atoms with van der Waals surface area (Å²) in [5, 5.41) is 26.5. The van der Waals surface area contributed by atoms with Crippen molar-refractivity contribution in [3.8, 4) is 0 Å². The Balaban J connectivity index is 2.09. The van der Waals surface area contributed by atoms with E-state index in [4.69, 9.17) is 4.42 Å². The van der Waals surface area contributed by atoms with E-state index in [1.165, 1.54) is 11.8 Å². The van der Waals surface area contributed by atoms with Crippen molar-refractivity contribution in [2.45, 2.75) is 64.1 Å². The van der Waals surface area contributed by atoms with Crippen molar-refractivity contribution in [2.24, 2.45) is 5.92 Å². The molecule has 2 aromatic rings. The molecule has 0 aromatic carbocycles. The van der Waals surface area contributed by atoms with Crippen LogP contribution >= 0.6 is 11.8 Å². The maximum Gasteiger partial charge on any atom is 0.229 e. The third-order valence-electron chi connectivity index (χ3n) is 3.08. The van der Waals surface area contributed by atoms with Crippen LogP contribution in [0.5, 0.6) is 0 Å². The SMILES string of the molecule is CCCn1c(CO)nnc1SC(C)c1nnc(CC(C)C)o1. The van der Waals surface area contributed by atoms with Crippen LogP contribution in [0.15, 0.2) is 9.57 Å². The van der Waals surface area contributed by atoms with E-state index in [-0.39, 0.29) is 11.9 Å². The fraction of sp³-hybridized carbons (Fsp3) is 0.714. The summed E-state index contributed by atoms with van der Waals surface area (Å²) in [5.74, 6) is 2.33. The van der Waals surface area contributed by atoms with Crippen LogP contribution in [0.2, 0.25) is 0 Å². The molecule has 0 bridgehead atoms. The fourth-order valence-corrected chi connectivity index (χ4v) is 2.97. The number of aromatic nitrogens is 5. The first-order chi connectivity index (χ1) is 10.5. The minimum atomic E-state index is -0.110. The highest BCUT2D eigenvalue weighted by atomic mass is 32.2. The van der Waals surface area contributed by atoms with Gasteiger partial charge in [0.2, 0.25) is 11.8 Å². The van der Waals surface area contributed by atoms with E-state index in [1.54, 1.807) is 0 Å². The molecule has 1 N–H and O–H groups in total. The molecule has 0 aliphatic carbocycles. The number of aliphatic hydroxyl groups is 1. The minimum absolute atomic E-state index is 0.0141. The van der Waals surface area contributed by atoms with Gasteiger partial charge in [-0.25, -0.2) is 0 Å². The quantitative estimate of drug-likeness (QED) is 0.746. The molecular formula is C14H23N5O2S. The molecule has 22 heavy (non-hydrogen) atoms. The molecule has 0 aliphatic rings. The number of nitrogens with zero attached hydrogens (tertiary/aromatic N) is 5. The molecule has 0 fully saturated rings. The fourth-order valence-electron chi connectivity index (χ4n) is 2.04. The number of rotatable bonds is 8. The van der Waals surface area contributed by atoms with Crippen molar-refractivity contribution in [2.75, 3.05) is 0 Å². The maximum atomic E-state index is 9.32. The lowest BCUT2D eigenvalue weighted by Gasteiger charge is -2.09. The molecule has 7 nitrogen and oxygen atoms in total. The van der Waals surface area contributed by atoms with E-state index in [2.05, 4.69) is 41.2 Å². The monoisotopic (exact) mass is 325 g/mol. The van der Waals surface area contributed by atoms with Crippen molar-refractivity contribution in [3.63, 3.8) is 0 Å². The van der Waals surface area contributed by atoms with Crippen LogP contribution in [0, 0.1) is 5.92 Å². The van der Waals surface area contributed by atoms with E-state index in [0.29, 0.717) is 23.5 Å². The molecule has 0 aliphatic heterocycles. The van der Waals surface area contributed by atoms with Gasteiger partial charge in [0.05, 0.1) is 5.25 Å². The van der Waals surface area contributed by atoms with Gasteiger partial charge in [0.15, 0.2) is 11.0 Å². The molecule has 0 saturated carbocycles. The van der Waals surface area contributed by atoms with Gasteiger partial charge in [-0.05, 0) is 19.3 Å². The van der Waals surface area contributed by atoms with Crippen LogP contribution in [0.25, 0.3) is 0 Å². The second kappa shape index (κ2) is 7.73. The number of aliphatic hydroxyl groups excluding tert-OH is 1. The van der Waals surface area contributed by atoms with Gasteiger partial charge in [0.1, 0.15) is 6.61 Å². The molecular weight excluding hydrogens is 302 g/mol. The molecule has 0 amide bonds. The first-order valence-electron chi connectivity index (χ1n) is 7.57. The van der Waals surface area contributed by atoms with Gasteiger partial charge in [-0.2, -0.15) is 0 Å². The predicted octanol–water partition coefficient (Wildman–Crippen LogP) is 2.62. The Kier molecular flexibility index (Phi) is 5.96. The van der Waals surface area contributed by atoms with E-state index in [1.807, 2.05) is 11.5 Å². The summed E-state index contributed by atoms with van der Waals surface area (Å²) in [4.78, 5) is 0. The molecule has 0 spiro atoms. The van der Waals surface area contributed by atoms with E-state index in [9.17, 15) is 5.11 Å². The van der Waals surface area contributed by atoms with Gasteiger partial charge >= 0.3 is 0 Å². The van der Waals surface area contributed by atoms with Gasteiger partial charge in [-0.3, -0.25) is 0 Å². The topological polar surface area (TPSA) is 89.9 Å². The van der Waals surface area contributed by atoms with Gasteiger partial charge in [0, 0.05) is 13.0 Å². The lowest BCUT2D eigenvalue weighted by atomic mass is 10.1. The molecule has 122 valence electrons.